The lowest BCUT2D eigenvalue weighted by Gasteiger charge is -2.27. The quantitative estimate of drug-likeness (QED) is 0.0327. The fraction of sp³-hybridized carbons (Fsp3) is 0.884. The molecular formula is C43H83NO5. The number of aliphatic hydroxyl groups excluding tert-OH is 4. The van der Waals surface area contributed by atoms with Crippen LogP contribution >= 0.6 is 0 Å². The van der Waals surface area contributed by atoms with Gasteiger partial charge in [0.05, 0.1) is 18.8 Å². The summed E-state index contributed by atoms with van der Waals surface area (Å²) < 4.78 is 0. The molecule has 6 nitrogen and oxygen atoms in total. The van der Waals surface area contributed by atoms with Gasteiger partial charge in [-0.1, -0.05) is 186 Å². The normalized spacial score (nSPS) is 14.5. The number of rotatable bonds is 38. The molecule has 0 spiro atoms. The Morgan fingerprint density at radius 3 is 1.29 bits per heavy atom. The van der Waals surface area contributed by atoms with Crippen molar-refractivity contribution in [3.05, 3.63) is 24.3 Å². The Morgan fingerprint density at radius 1 is 0.490 bits per heavy atom. The minimum atomic E-state index is -1.29. The van der Waals surface area contributed by atoms with Gasteiger partial charge in [0.25, 0.3) is 0 Å². The molecular weight excluding hydrogens is 610 g/mol. The number of carbonyl (C=O) groups is 1. The summed E-state index contributed by atoms with van der Waals surface area (Å²) in [4.78, 5) is 12.5. The van der Waals surface area contributed by atoms with Crippen LogP contribution in [0.2, 0.25) is 0 Å². The van der Waals surface area contributed by atoms with E-state index < -0.39 is 36.9 Å². The number of allylic oxidation sites excluding steroid dienone is 4. The number of amides is 1. The molecule has 6 heteroatoms. The van der Waals surface area contributed by atoms with Crippen LogP contribution in [0.25, 0.3) is 0 Å². The molecule has 49 heavy (non-hydrogen) atoms. The molecule has 0 radical (unpaired) electrons. The average Bonchev–Trinajstić information content (AvgIpc) is 3.11. The van der Waals surface area contributed by atoms with Crippen LogP contribution in [0.4, 0.5) is 0 Å². The van der Waals surface area contributed by atoms with Crippen LogP contribution in [-0.4, -0.2) is 57.3 Å². The van der Waals surface area contributed by atoms with Crippen LogP contribution in [-0.2, 0) is 4.79 Å². The van der Waals surface area contributed by atoms with Gasteiger partial charge < -0.3 is 25.7 Å². The van der Waals surface area contributed by atoms with Crippen LogP contribution in [0.5, 0.6) is 0 Å². The molecule has 0 saturated heterocycles. The lowest BCUT2D eigenvalue weighted by molar-refractivity contribution is -0.132. The Morgan fingerprint density at radius 2 is 0.857 bits per heavy atom. The number of hydrogen-bond donors (Lipinski definition) is 5. The van der Waals surface area contributed by atoms with Crippen LogP contribution < -0.4 is 5.32 Å². The van der Waals surface area contributed by atoms with E-state index >= 15 is 0 Å². The number of aliphatic hydroxyl groups is 4. The molecule has 0 rings (SSSR count). The van der Waals surface area contributed by atoms with Crippen molar-refractivity contribution in [2.75, 3.05) is 6.61 Å². The van der Waals surface area contributed by atoms with Crippen molar-refractivity contribution in [1.82, 2.24) is 5.32 Å². The third-order valence-electron chi connectivity index (χ3n) is 9.89. The van der Waals surface area contributed by atoms with Gasteiger partial charge >= 0.3 is 0 Å². The van der Waals surface area contributed by atoms with E-state index in [1.807, 2.05) is 0 Å². The third kappa shape index (κ3) is 32.4. The van der Waals surface area contributed by atoms with Gasteiger partial charge in [-0.05, 0) is 51.4 Å². The van der Waals surface area contributed by atoms with E-state index in [9.17, 15) is 25.2 Å². The molecule has 4 unspecified atom stereocenters. The first-order valence-corrected chi connectivity index (χ1v) is 21.2. The van der Waals surface area contributed by atoms with Crippen LogP contribution in [0.1, 0.15) is 213 Å². The minimum Gasteiger partial charge on any atom is -0.394 e. The third-order valence-corrected chi connectivity index (χ3v) is 9.89. The van der Waals surface area contributed by atoms with Crippen molar-refractivity contribution in [3.8, 4) is 0 Å². The van der Waals surface area contributed by atoms with Crippen molar-refractivity contribution in [3.63, 3.8) is 0 Å². The summed E-state index contributed by atoms with van der Waals surface area (Å²) in [5.41, 5.74) is 0. The molecule has 4 atom stereocenters. The SMILES string of the molecule is CCCCCCCCCCCCC/C=C/CC/C=C/CCCC(O)C(O)C(CO)NC(=O)C(O)CCCCCCCCCCCCCCC. The van der Waals surface area contributed by atoms with Gasteiger partial charge in [-0.25, -0.2) is 0 Å². The van der Waals surface area contributed by atoms with Gasteiger partial charge in [0.2, 0.25) is 5.91 Å². The number of unbranched alkanes of at least 4 members (excludes halogenated alkanes) is 25. The maximum absolute atomic E-state index is 12.5. The summed E-state index contributed by atoms with van der Waals surface area (Å²) in [6.07, 6.45) is 42.1. The summed E-state index contributed by atoms with van der Waals surface area (Å²) in [6, 6.07) is -1.00. The van der Waals surface area contributed by atoms with E-state index in [4.69, 9.17) is 0 Å². The fourth-order valence-electron chi connectivity index (χ4n) is 6.48. The first-order chi connectivity index (χ1) is 24.0. The zero-order chi connectivity index (χ0) is 36.0. The summed E-state index contributed by atoms with van der Waals surface area (Å²) >= 11 is 0. The molecule has 0 aromatic rings. The molecule has 5 N–H and O–H groups in total. The molecule has 0 bridgehead atoms. The molecule has 1 amide bonds. The van der Waals surface area contributed by atoms with Crippen LogP contribution in [0.15, 0.2) is 24.3 Å². The molecule has 0 heterocycles. The number of nitrogens with one attached hydrogen (secondary N) is 1. The highest BCUT2D eigenvalue weighted by molar-refractivity contribution is 5.80. The Hall–Kier alpha value is -1.21. The van der Waals surface area contributed by atoms with Gasteiger partial charge in [0.1, 0.15) is 12.2 Å². The Balaban J connectivity index is 3.81. The largest absolute Gasteiger partial charge is 0.394 e. The second kappa shape index (κ2) is 38.0. The topological polar surface area (TPSA) is 110 Å². The smallest absolute Gasteiger partial charge is 0.249 e. The highest BCUT2D eigenvalue weighted by Crippen LogP contribution is 2.15. The van der Waals surface area contributed by atoms with Crippen molar-refractivity contribution in [1.29, 1.82) is 0 Å². The number of hydrogen-bond acceptors (Lipinski definition) is 5. The van der Waals surface area contributed by atoms with E-state index in [0.717, 1.165) is 38.5 Å². The predicted octanol–water partition coefficient (Wildman–Crippen LogP) is 10.8. The second-order valence-electron chi connectivity index (χ2n) is 14.7. The molecule has 0 aliphatic carbocycles. The van der Waals surface area contributed by atoms with Gasteiger partial charge in [0, 0.05) is 0 Å². The lowest BCUT2D eigenvalue weighted by atomic mass is 10.00. The van der Waals surface area contributed by atoms with E-state index in [1.165, 1.54) is 141 Å². The minimum absolute atomic E-state index is 0.363. The van der Waals surface area contributed by atoms with Gasteiger partial charge in [-0.15, -0.1) is 0 Å². The van der Waals surface area contributed by atoms with Gasteiger partial charge in [-0.2, -0.15) is 0 Å². The summed E-state index contributed by atoms with van der Waals surface area (Å²) in [7, 11) is 0. The highest BCUT2D eigenvalue weighted by Gasteiger charge is 2.28. The zero-order valence-electron chi connectivity index (χ0n) is 32.4. The maximum atomic E-state index is 12.5. The maximum Gasteiger partial charge on any atom is 0.249 e. The van der Waals surface area contributed by atoms with Crippen LogP contribution in [0.3, 0.4) is 0 Å². The molecule has 290 valence electrons. The highest BCUT2D eigenvalue weighted by atomic mass is 16.3. The van der Waals surface area contributed by atoms with Crippen molar-refractivity contribution >= 4 is 5.91 Å². The molecule has 0 aromatic carbocycles. The van der Waals surface area contributed by atoms with E-state index in [2.05, 4.69) is 43.5 Å². The van der Waals surface area contributed by atoms with Crippen molar-refractivity contribution in [2.45, 2.75) is 237 Å². The Bertz CT molecular complexity index is 742. The molecule has 0 saturated carbocycles. The van der Waals surface area contributed by atoms with E-state index in [1.54, 1.807) is 0 Å². The molecule has 0 aromatic heterocycles. The summed E-state index contributed by atoms with van der Waals surface area (Å²) in [5.74, 6) is -0.597. The van der Waals surface area contributed by atoms with Crippen molar-refractivity contribution in [2.24, 2.45) is 0 Å². The first-order valence-electron chi connectivity index (χ1n) is 21.2. The fourth-order valence-corrected chi connectivity index (χ4v) is 6.48. The molecule has 0 aliphatic heterocycles. The second-order valence-corrected chi connectivity index (χ2v) is 14.7. The van der Waals surface area contributed by atoms with Crippen molar-refractivity contribution < 1.29 is 25.2 Å². The average molecular weight is 694 g/mol. The molecule has 0 aliphatic rings. The molecule has 0 fully saturated rings. The van der Waals surface area contributed by atoms with E-state index in [0.29, 0.717) is 19.3 Å². The monoisotopic (exact) mass is 694 g/mol. The van der Waals surface area contributed by atoms with E-state index in [-0.39, 0.29) is 0 Å². The van der Waals surface area contributed by atoms with Crippen LogP contribution in [0, 0.1) is 0 Å². The Kier molecular flexibility index (Phi) is 37.1. The summed E-state index contributed by atoms with van der Waals surface area (Å²) in [5, 5.41) is 43.5. The van der Waals surface area contributed by atoms with Gasteiger partial charge in [-0.3, -0.25) is 4.79 Å². The van der Waals surface area contributed by atoms with Gasteiger partial charge in [0.15, 0.2) is 0 Å². The zero-order valence-corrected chi connectivity index (χ0v) is 32.4. The predicted molar refractivity (Wildman–Crippen MR) is 210 cm³/mol. The number of carbonyl (C=O) groups excluding carboxylic acids is 1. The standard InChI is InChI=1S/C43H83NO5/c1-3-5-7-9-11-13-15-17-18-19-20-21-22-23-25-26-28-30-32-34-36-40(46)42(48)39(38-45)44-43(49)41(47)37-35-33-31-29-27-24-16-14-12-10-8-6-4-2/h22-23,28,30,39-42,45-48H,3-21,24-27,29,31-38H2,1-2H3,(H,44,49)/b23-22+,30-28+. The Labute approximate surface area is 304 Å². The summed E-state index contributed by atoms with van der Waals surface area (Å²) in [6.45, 7) is 4.03. The first kappa shape index (κ1) is 47.8. The lowest BCUT2D eigenvalue weighted by Crippen LogP contribution is -2.53.